The summed E-state index contributed by atoms with van der Waals surface area (Å²) in [5.74, 6) is 0.112. The summed E-state index contributed by atoms with van der Waals surface area (Å²) in [6.07, 6.45) is 1.47. The van der Waals surface area contributed by atoms with Crippen molar-refractivity contribution in [2.45, 2.75) is 23.9 Å². The summed E-state index contributed by atoms with van der Waals surface area (Å²) in [5, 5.41) is 16.2. The Morgan fingerprint density at radius 1 is 1.03 bits per heavy atom. The molecule has 172 valence electrons. The van der Waals surface area contributed by atoms with Gasteiger partial charge in [-0.05, 0) is 48.9 Å². The molecule has 7 nitrogen and oxygen atoms in total. The van der Waals surface area contributed by atoms with Crippen LogP contribution in [0, 0.1) is 5.82 Å². The number of hydrogen-bond acceptors (Lipinski definition) is 6. The second-order valence-corrected chi connectivity index (χ2v) is 8.64. The van der Waals surface area contributed by atoms with Crippen molar-refractivity contribution in [2.24, 2.45) is 5.10 Å². The number of rotatable bonds is 9. The largest absolute Gasteiger partial charge is 0.378 e. The van der Waals surface area contributed by atoms with E-state index in [0.29, 0.717) is 17.3 Å². The van der Waals surface area contributed by atoms with Crippen molar-refractivity contribution in [3.05, 3.63) is 102 Å². The molecule has 1 heterocycles. The van der Waals surface area contributed by atoms with Gasteiger partial charge in [0, 0.05) is 11.4 Å². The smallest absolute Gasteiger partial charge is 0.253 e. The van der Waals surface area contributed by atoms with Gasteiger partial charge in [0.15, 0.2) is 11.0 Å². The Morgan fingerprint density at radius 2 is 1.71 bits per heavy atom. The number of aromatic nitrogens is 3. The Bertz CT molecular complexity index is 1250. The first-order chi connectivity index (χ1) is 16.6. The van der Waals surface area contributed by atoms with Crippen molar-refractivity contribution in [2.75, 3.05) is 5.32 Å². The normalized spacial score (nSPS) is 11.9. The molecule has 0 unspecified atom stereocenters. The molecule has 0 spiro atoms. The van der Waals surface area contributed by atoms with Gasteiger partial charge in [-0.2, -0.15) is 5.10 Å². The van der Waals surface area contributed by atoms with Gasteiger partial charge in [0.25, 0.3) is 5.91 Å². The fourth-order valence-electron chi connectivity index (χ4n) is 3.09. The molecule has 0 aliphatic carbocycles. The quantitative estimate of drug-likeness (QED) is 0.210. The van der Waals surface area contributed by atoms with Gasteiger partial charge in [0.2, 0.25) is 0 Å². The summed E-state index contributed by atoms with van der Waals surface area (Å²) in [6.45, 7) is 2.24. The van der Waals surface area contributed by atoms with Crippen LogP contribution in [0.25, 0.3) is 5.69 Å². The zero-order valence-electron chi connectivity index (χ0n) is 18.4. The molecule has 1 amide bonds. The van der Waals surface area contributed by atoms with E-state index in [1.54, 1.807) is 19.1 Å². The Labute approximate surface area is 201 Å². The number of halogens is 1. The average molecular weight is 475 g/mol. The Balaban J connectivity index is 1.46. The van der Waals surface area contributed by atoms with E-state index in [0.717, 1.165) is 17.2 Å². The third-order valence-electron chi connectivity index (χ3n) is 4.85. The van der Waals surface area contributed by atoms with Crippen LogP contribution in [0.15, 0.2) is 95.2 Å². The lowest BCUT2D eigenvalue weighted by molar-refractivity contribution is -0.120. The minimum atomic E-state index is -0.480. The molecule has 0 fully saturated rings. The fraction of sp³-hybridized carbons (Fsp3) is 0.120. The number of carbonyl (C=O) groups excluding carboxylic acids is 1. The number of carbonyl (C=O) groups is 1. The molecular formula is C25H23FN6OS. The van der Waals surface area contributed by atoms with Gasteiger partial charge in [-0.1, -0.05) is 60.3 Å². The van der Waals surface area contributed by atoms with Crippen molar-refractivity contribution in [1.29, 1.82) is 0 Å². The first-order valence-corrected chi connectivity index (χ1v) is 11.5. The van der Waals surface area contributed by atoms with Gasteiger partial charge in [0.1, 0.15) is 5.82 Å². The molecule has 1 atom stereocenters. The molecule has 1 aromatic heterocycles. The van der Waals surface area contributed by atoms with Crippen LogP contribution in [-0.2, 0) is 11.3 Å². The second kappa shape index (κ2) is 11.2. The maximum Gasteiger partial charge on any atom is 0.253 e. The van der Waals surface area contributed by atoms with Gasteiger partial charge in [-0.3, -0.25) is 9.36 Å². The van der Waals surface area contributed by atoms with E-state index in [2.05, 4.69) is 26.0 Å². The highest BCUT2D eigenvalue weighted by Gasteiger charge is 2.21. The summed E-state index contributed by atoms with van der Waals surface area (Å²) >= 11 is 1.29. The molecule has 34 heavy (non-hydrogen) atoms. The van der Waals surface area contributed by atoms with Gasteiger partial charge in [0.05, 0.1) is 18.0 Å². The molecule has 9 heteroatoms. The molecule has 0 aliphatic rings. The number of hydrogen-bond donors (Lipinski definition) is 2. The number of benzene rings is 3. The molecule has 4 aromatic rings. The lowest BCUT2D eigenvalue weighted by atomic mass is 10.2. The molecule has 3 aromatic carbocycles. The van der Waals surface area contributed by atoms with Crippen LogP contribution in [0.2, 0.25) is 0 Å². The van der Waals surface area contributed by atoms with Crippen LogP contribution in [-0.4, -0.2) is 32.1 Å². The third kappa shape index (κ3) is 6.08. The topological polar surface area (TPSA) is 84.2 Å². The molecule has 0 aliphatic heterocycles. The standard InChI is InChI=1S/C25H23FN6OS/c1-18(24(33)30-28-16-19-12-14-20(26)15-13-19)34-25-31-29-23(17-27-21-8-4-2-5-9-21)32(25)22-10-6-3-7-11-22/h2-16,18,27H,17H2,1H3,(H,30,33)/b28-16-/t18-/m0/s1. The summed E-state index contributed by atoms with van der Waals surface area (Å²) in [4.78, 5) is 12.6. The SMILES string of the molecule is C[C@H](Sc1nnc(CNc2ccccc2)n1-c1ccccc1)C(=O)N/N=C\c1ccc(F)cc1. The summed E-state index contributed by atoms with van der Waals surface area (Å²) in [5.41, 5.74) is 5.09. The van der Waals surface area contributed by atoms with Crippen LogP contribution >= 0.6 is 11.8 Å². The molecule has 0 radical (unpaired) electrons. The molecule has 4 rings (SSSR count). The first kappa shape index (κ1) is 23.2. The minimum Gasteiger partial charge on any atom is -0.378 e. The van der Waals surface area contributed by atoms with Gasteiger partial charge in [-0.15, -0.1) is 10.2 Å². The van der Waals surface area contributed by atoms with Crippen molar-refractivity contribution < 1.29 is 9.18 Å². The van der Waals surface area contributed by atoms with E-state index in [1.807, 2.05) is 65.2 Å². The third-order valence-corrected chi connectivity index (χ3v) is 5.89. The fourth-order valence-corrected chi connectivity index (χ4v) is 3.97. The maximum absolute atomic E-state index is 13.0. The van der Waals surface area contributed by atoms with Crippen molar-refractivity contribution in [1.82, 2.24) is 20.2 Å². The maximum atomic E-state index is 13.0. The van der Waals surface area contributed by atoms with E-state index < -0.39 is 5.25 Å². The lowest BCUT2D eigenvalue weighted by Crippen LogP contribution is -2.27. The number of anilines is 1. The predicted octanol–water partition coefficient (Wildman–Crippen LogP) is 4.65. The zero-order chi connectivity index (χ0) is 23.8. The van der Waals surface area contributed by atoms with E-state index in [1.165, 1.54) is 30.1 Å². The monoisotopic (exact) mass is 474 g/mol. The highest BCUT2D eigenvalue weighted by molar-refractivity contribution is 8.00. The zero-order valence-corrected chi connectivity index (χ0v) is 19.2. The van der Waals surface area contributed by atoms with Crippen LogP contribution < -0.4 is 10.7 Å². The summed E-state index contributed by atoms with van der Waals surface area (Å²) in [7, 11) is 0. The number of nitrogens with zero attached hydrogens (tertiary/aromatic N) is 4. The molecule has 0 saturated carbocycles. The predicted molar refractivity (Wildman–Crippen MR) is 133 cm³/mol. The molecule has 0 bridgehead atoms. The summed E-state index contributed by atoms with van der Waals surface area (Å²) in [6, 6.07) is 25.5. The van der Waals surface area contributed by atoms with Crippen molar-refractivity contribution in [3.63, 3.8) is 0 Å². The number of amides is 1. The van der Waals surface area contributed by atoms with Gasteiger partial charge in [-0.25, -0.2) is 9.82 Å². The van der Waals surface area contributed by atoms with Crippen LogP contribution in [0.1, 0.15) is 18.3 Å². The van der Waals surface area contributed by atoms with Crippen LogP contribution in [0.4, 0.5) is 10.1 Å². The van der Waals surface area contributed by atoms with E-state index in [-0.39, 0.29) is 11.7 Å². The van der Waals surface area contributed by atoms with E-state index >= 15 is 0 Å². The number of para-hydroxylation sites is 2. The number of thioether (sulfide) groups is 1. The Hall–Kier alpha value is -3.98. The minimum absolute atomic E-state index is 0.282. The average Bonchev–Trinajstić information content (AvgIpc) is 3.27. The van der Waals surface area contributed by atoms with E-state index in [9.17, 15) is 9.18 Å². The lowest BCUT2D eigenvalue weighted by Gasteiger charge is -2.13. The molecule has 2 N–H and O–H groups in total. The van der Waals surface area contributed by atoms with E-state index in [4.69, 9.17) is 0 Å². The second-order valence-electron chi connectivity index (χ2n) is 7.34. The van der Waals surface area contributed by atoms with Crippen LogP contribution in [0.5, 0.6) is 0 Å². The Kier molecular flexibility index (Phi) is 7.67. The highest BCUT2D eigenvalue weighted by atomic mass is 32.2. The summed E-state index contributed by atoms with van der Waals surface area (Å²) < 4.78 is 14.9. The molecule has 0 saturated heterocycles. The van der Waals surface area contributed by atoms with Crippen molar-refractivity contribution >= 4 is 29.6 Å². The molecular weight excluding hydrogens is 451 g/mol. The first-order valence-electron chi connectivity index (χ1n) is 10.6. The Morgan fingerprint density at radius 3 is 2.41 bits per heavy atom. The number of nitrogens with one attached hydrogen (secondary N) is 2. The number of hydrazone groups is 1. The van der Waals surface area contributed by atoms with Crippen LogP contribution in [0.3, 0.4) is 0 Å². The van der Waals surface area contributed by atoms with Crippen molar-refractivity contribution in [3.8, 4) is 5.69 Å². The highest BCUT2D eigenvalue weighted by Crippen LogP contribution is 2.26. The van der Waals surface area contributed by atoms with Gasteiger partial charge < -0.3 is 5.32 Å². The van der Waals surface area contributed by atoms with Gasteiger partial charge >= 0.3 is 0 Å².